The van der Waals surface area contributed by atoms with Gasteiger partial charge in [0, 0.05) is 5.56 Å². The Morgan fingerprint density at radius 1 is 1.42 bits per heavy atom. The quantitative estimate of drug-likeness (QED) is 0.628. The van der Waals surface area contributed by atoms with Gasteiger partial charge in [-0.1, -0.05) is 22.0 Å². The molecule has 2 aliphatic heterocycles. The molecular formula is C12H7BrFNO3S. The lowest BCUT2D eigenvalue weighted by molar-refractivity contribution is -0.115. The maximum atomic E-state index is 13.4. The second kappa shape index (κ2) is 4.64. The van der Waals surface area contributed by atoms with Gasteiger partial charge in [0.25, 0.3) is 17.5 Å². The normalized spacial score (nSPS) is 27.4. The van der Waals surface area contributed by atoms with Crippen LogP contribution in [0.15, 0.2) is 23.1 Å². The van der Waals surface area contributed by atoms with Gasteiger partial charge in [-0.25, -0.2) is 4.39 Å². The minimum absolute atomic E-state index is 0.326. The number of ether oxygens (including phenoxy) is 1. The van der Waals surface area contributed by atoms with Crippen molar-refractivity contribution in [2.75, 3.05) is 0 Å². The molecule has 0 aromatic heterocycles. The molecule has 1 aromatic carbocycles. The molecule has 1 N–H and O–H groups in total. The Kier molecular flexibility index (Phi) is 3.10. The van der Waals surface area contributed by atoms with Crippen molar-refractivity contribution < 1.29 is 18.7 Å². The fourth-order valence-electron chi connectivity index (χ4n) is 1.87. The van der Waals surface area contributed by atoms with Crippen LogP contribution < -0.4 is 10.1 Å². The molecule has 1 fully saturated rings. The molecule has 0 spiro atoms. The van der Waals surface area contributed by atoms with E-state index < -0.39 is 17.1 Å². The van der Waals surface area contributed by atoms with E-state index in [0.717, 1.165) is 11.8 Å². The molecule has 2 amide bonds. The molecule has 3 rings (SSSR count). The second-order valence-corrected chi connectivity index (χ2v) is 6.02. The van der Waals surface area contributed by atoms with Crippen molar-refractivity contribution in [1.29, 1.82) is 0 Å². The maximum Gasteiger partial charge on any atom is 0.290 e. The summed E-state index contributed by atoms with van der Waals surface area (Å²) in [4.78, 5) is 22.3. The van der Waals surface area contributed by atoms with Crippen LogP contribution in [0.3, 0.4) is 0 Å². The minimum Gasteiger partial charge on any atom is -0.458 e. The number of nitrogens with one attached hydrogen (secondary N) is 1. The Bertz CT molecular complexity index is 619. The zero-order valence-corrected chi connectivity index (χ0v) is 11.8. The highest BCUT2D eigenvalue weighted by Crippen LogP contribution is 2.43. The first kappa shape index (κ1) is 12.7. The Hall–Kier alpha value is -1.34. The molecular weight excluding hydrogens is 337 g/mol. The molecule has 7 heteroatoms. The van der Waals surface area contributed by atoms with Crippen molar-refractivity contribution in [3.8, 4) is 5.75 Å². The number of rotatable bonds is 1. The minimum atomic E-state index is -1.41. The summed E-state index contributed by atoms with van der Waals surface area (Å²) in [5.41, 5.74) is 1.41. The van der Waals surface area contributed by atoms with Gasteiger partial charge in [-0.05, 0) is 35.5 Å². The van der Waals surface area contributed by atoms with E-state index in [9.17, 15) is 14.0 Å². The Balaban J connectivity index is 1.94. The fourth-order valence-corrected chi connectivity index (χ4v) is 3.02. The van der Waals surface area contributed by atoms with Crippen molar-refractivity contribution >= 4 is 44.9 Å². The third-order valence-electron chi connectivity index (χ3n) is 2.74. The molecule has 2 atom stereocenters. The molecule has 0 radical (unpaired) electrons. The van der Waals surface area contributed by atoms with Gasteiger partial charge in [0.2, 0.25) is 0 Å². The summed E-state index contributed by atoms with van der Waals surface area (Å²) in [5, 5.41) is 1.79. The van der Waals surface area contributed by atoms with Crippen LogP contribution in [0, 0.1) is 0 Å². The first-order valence-corrected chi connectivity index (χ1v) is 7.11. The van der Waals surface area contributed by atoms with Crippen LogP contribution in [0.4, 0.5) is 9.18 Å². The molecule has 19 heavy (non-hydrogen) atoms. The summed E-state index contributed by atoms with van der Waals surface area (Å²) in [5.74, 6) is 0.0710. The van der Waals surface area contributed by atoms with Gasteiger partial charge in [0.05, 0.1) is 4.91 Å². The number of amides is 2. The number of hydrogen-bond donors (Lipinski definition) is 1. The summed E-state index contributed by atoms with van der Waals surface area (Å²) in [6.07, 6.45) is 0.180. The molecule has 2 heterocycles. The zero-order valence-electron chi connectivity index (χ0n) is 9.35. The lowest BCUT2D eigenvalue weighted by Gasteiger charge is -2.02. The second-order valence-electron chi connectivity index (χ2n) is 4.02. The van der Waals surface area contributed by atoms with Gasteiger partial charge in [-0.15, -0.1) is 0 Å². The average molecular weight is 344 g/mol. The molecule has 2 unspecified atom stereocenters. The van der Waals surface area contributed by atoms with E-state index in [4.69, 9.17) is 4.74 Å². The van der Waals surface area contributed by atoms with E-state index in [1.165, 1.54) is 0 Å². The number of benzene rings is 1. The van der Waals surface area contributed by atoms with Crippen molar-refractivity contribution in [1.82, 2.24) is 5.32 Å². The van der Waals surface area contributed by atoms with Gasteiger partial charge < -0.3 is 4.74 Å². The number of carbonyl (C=O) groups excluding carboxylic acids is 2. The van der Waals surface area contributed by atoms with Crippen LogP contribution in [0.2, 0.25) is 0 Å². The standard InChI is InChI=1S/C12H7BrFNO3S/c13-9-6-3-5(1-2-7(6)18-10(9)14)4-8-11(16)15-12(17)19-8/h1-4,9-10H,(H,15,16,17). The molecule has 0 aliphatic carbocycles. The first-order chi connectivity index (χ1) is 9.04. The number of alkyl halides is 2. The zero-order chi connectivity index (χ0) is 13.6. The van der Waals surface area contributed by atoms with E-state index in [-0.39, 0.29) is 5.24 Å². The molecule has 1 aromatic rings. The van der Waals surface area contributed by atoms with E-state index in [0.29, 0.717) is 21.8 Å². The predicted molar refractivity (Wildman–Crippen MR) is 72.7 cm³/mol. The van der Waals surface area contributed by atoms with Crippen LogP contribution in [0.25, 0.3) is 6.08 Å². The van der Waals surface area contributed by atoms with Crippen LogP contribution >= 0.6 is 27.7 Å². The van der Waals surface area contributed by atoms with Crippen LogP contribution in [-0.4, -0.2) is 17.5 Å². The summed E-state index contributed by atoms with van der Waals surface area (Å²) >= 11 is 4.06. The van der Waals surface area contributed by atoms with Gasteiger partial charge in [-0.2, -0.15) is 0 Å². The van der Waals surface area contributed by atoms with Crippen molar-refractivity contribution in [2.45, 2.75) is 11.2 Å². The van der Waals surface area contributed by atoms with Crippen molar-refractivity contribution in [3.63, 3.8) is 0 Å². The topological polar surface area (TPSA) is 55.4 Å². The highest BCUT2D eigenvalue weighted by molar-refractivity contribution is 9.09. The number of carbonyl (C=O) groups is 2. The molecule has 98 valence electrons. The van der Waals surface area contributed by atoms with Crippen LogP contribution in [0.1, 0.15) is 16.0 Å². The monoisotopic (exact) mass is 343 g/mol. The van der Waals surface area contributed by atoms with Gasteiger partial charge in [0.15, 0.2) is 0 Å². The fraction of sp³-hybridized carbons (Fsp3) is 0.167. The number of halogens is 2. The molecule has 2 aliphatic rings. The highest BCUT2D eigenvalue weighted by Gasteiger charge is 2.32. The lowest BCUT2D eigenvalue weighted by Crippen LogP contribution is -2.17. The lowest BCUT2D eigenvalue weighted by atomic mass is 10.1. The van der Waals surface area contributed by atoms with Gasteiger partial charge >= 0.3 is 0 Å². The van der Waals surface area contributed by atoms with Crippen molar-refractivity contribution in [2.24, 2.45) is 0 Å². The van der Waals surface area contributed by atoms with E-state index in [1.807, 2.05) is 0 Å². The smallest absolute Gasteiger partial charge is 0.290 e. The van der Waals surface area contributed by atoms with Crippen molar-refractivity contribution in [3.05, 3.63) is 34.2 Å². The predicted octanol–water partition coefficient (Wildman–Crippen LogP) is 3.13. The molecule has 0 bridgehead atoms. The summed E-state index contributed by atoms with van der Waals surface area (Å²) < 4.78 is 18.4. The third-order valence-corrected chi connectivity index (χ3v) is 4.46. The largest absolute Gasteiger partial charge is 0.458 e. The first-order valence-electron chi connectivity index (χ1n) is 5.38. The van der Waals surface area contributed by atoms with E-state index in [1.54, 1.807) is 24.3 Å². The summed E-state index contributed by atoms with van der Waals surface area (Å²) in [7, 11) is 0. The molecule has 4 nitrogen and oxygen atoms in total. The van der Waals surface area contributed by atoms with Crippen LogP contribution in [-0.2, 0) is 4.79 Å². The molecule has 0 saturated carbocycles. The summed E-state index contributed by atoms with van der Waals surface area (Å²) in [6, 6.07) is 5.09. The third kappa shape index (κ3) is 2.28. The number of hydrogen-bond acceptors (Lipinski definition) is 4. The SMILES string of the molecule is O=C1NC(=O)C(=Cc2ccc3c(c2)C(Br)C(F)O3)S1. The Morgan fingerprint density at radius 2 is 2.21 bits per heavy atom. The summed E-state index contributed by atoms with van der Waals surface area (Å²) in [6.45, 7) is 0. The van der Waals surface area contributed by atoms with Crippen LogP contribution in [0.5, 0.6) is 5.75 Å². The van der Waals surface area contributed by atoms with Gasteiger partial charge in [0.1, 0.15) is 10.6 Å². The highest BCUT2D eigenvalue weighted by atomic mass is 79.9. The Morgan fingerprint density at radius 3 is 2.89 bits per heavy atom. The van der Waals surface area contributed by atoms with E-state index in [2.05, 4.69) is 21.2 Å². The maximum absolute atomic E-state index is 13.4. The number of fused-ring (bicyclic) bond motifs is 1. The number of imide groups is 1. The van der Waals surface area contributed by atoms with E-state index >= 15 is 0 Å². The molecule has 1 saturated heterocycles. The average Bonchev–Trinajstić information content (AvgIpc) is 2.82. The number of thioether (sulfide) groups is 1. The Labute approximate surface area is 120 Å². The van der Waals surface area contributed by atoms with Gasteiger partial charge in [-0.3, -0.25) is 14.9 Å².